The van der Waals surface area contributed by atoms with Crippen molar-refractivity contribution in [1.82, 2.24) is 9.97 Å². The summed E-state index contributed by atoms with van der Waals surface area (Å²) in [6.07, 6.45) is 1.78. The standard InChI is InChI=1S/C32H23N2O2.Pt/c1-21(22-10-3-2-4-11-22)25-17-18-26(23-12-9-13-24(20-23)28-15-7-8-19-33-28)30-31(25)36-32(34-30)27-14-5-6-16-29(27)35;/h2-19,21,35H,1H3;/q-1;. The molecule has 0 saturated heterocycles. The van der Waals surface area contributed by atoms with E-state index >= 15 is 0 Å². The second kappa shape index (κ2) is 10.5. The third-order valence-electron chi connectivity index (χ3n) is 6.50. The molecule has 4 nitrogen and oxygen atoms in total. The number of hydrogen-bond acceptors (Lipinski definition) is 4. The summed E-state index contributed by atoms with van der Waals surface area (Å²) in [7, 11) is 0. The summed E-state index contributed by atoms with van der Waals surface area (Å²) >= 11 is 0. The van der Waals surface area contributed by atoms with Crippen molar-refractivity contribution in [3.63, 3.8) is 0 Å². The molecule has 2 aromatic heterocycles. The molecular weight excluding hydrogens is 639 g/mol. The van der Waals surface area contributed by atoms with E-state index in [9.17, 15) is 5.11 Å². The maximum absolute atomic E-state index is 10.5. The maximum Gasteiger partial charge on any atom is 0.230 e. The number of aromatic hydroxyl groups is 1. The Morgan fingerprint density at radius 2 is 1.51 bits per heavy atom. The van der Waals surface area contributed by atoms with Gasteiger partial charge in [-0.3, -0.25) is 4.98 Å². The van der Waals surface area contributed by atoms with Gasteiger partial charge in [-0.05, 0) is 23.8 Å². The van der Waals surface area contributed by atoms with Gasteiger partial charge in [0.2, 0.25) is 5.89 Å². The molecule has 0 saturated carbocycles. The first-order valence-corrected chi connectivity index (χ1v) is 11.9. The predicted molar refractivity (Wildman–Crippen MR) is 143 cm³/mol. The molecule has 1 unspecified atom stereocenters. The third-order valence-corrected chi connectivity index (χ3v) is 6.50. The largest absolute Gasteiger partial charge is 0.507 e. The number of nitrogens with zero attached hydrogens (tertiary/aromatic N) is 2. The zero-order valence-electron chi connectivity index (χ0n) is 20.0. The van der Waals surface area contributed by atoms with E-state index in [2.05, 4.69) is 42.2 Å². The molecule has 1 N–H and O–H groups in total. The average molecular weight is 663 g/mol. The number of hydrogen-bond donors (Lipinski definition) is 1. The molecule has 37 heavy (non-hydrogen) atoms. The van der Waals surface area contributed by atoms with Crippen LogP contribution in [-0.4, -0.2) is 15.1 Å². The fourth-order valence-electron chi connectivity index (χ4n) is 4.57. The van der Waals surface area contributed by atoms with Crippen molar-refractivity contribution < 1.29 is 30.6 Å². The number of pyridine rings is 1. The van der Waals surface area contributed by atoms with Crippen LogP contribution in [0.1, 0.15) is 24.0 Å². The molecule has 0 aliphatic rings. The smallest absolute Gasteiger partial charge is 0.230 e. The summed E-state index contributed by atoms with van der Waals surface area (Å²) in [5.74, 6) is 0.613. The topological polar surface area (TPSA) is 59.2 Å². The van der Waals surface area contributed by atoms with Gasteiger partial charge in [-0.1, -0.05) is 84.8 Å². The van der Waals surface area contributed by atoms with E-state index in [4.69, 9.17) is 9.40 Å². The second-order valence-corrected chi connectivity index (χ2v) is 8.74. The first-order valence-electron chi connectivity index (χ1n) is 11.9. The molecule has 184 valence electrons. The van der Waals surface area contributed by atoms with Gasteiger partial charge in [-0.25, -0.2) is 4.98 Å². The Morgan fingerprint density at radius 1 is 0.757 bits per heavy atom. The molecule has 0 amide bonds. The number of oxazole rings is 1. The molecule has 5 heteroatoms. The normalized spacial score (nSPS) is 11.7. The molecule has 0 aliphatic carbocycles. The Balaban J connectivity index is 0.00000280. The SMILES string of the molecule is CC(c1ccccc1)c1ccc(-c2[c-]c(-c3ccccn3)ccc2)c2nc(-c3ccccc3O)oc12.[Pt]. The summed E-state index contributed by atoms with van der Waals surface area (Å²) in [6.45, 7) is 2.17. The van der Waals surface area contributed by atoms with Gasteiger partial charge < -0.3 is 9.52 Å². The van der Waals surface area contributed by atoms with Crippen molar-refractivity contribution in [1.29, 1.82) is 0 Å². The Morgan fingerprint density at radius 3 is 2.30 bits per heavy atom. The van der Waals surface area contributed by atoms with Crippen LogP contribution in [0.2, 0.25) is 0 Å². The van der Waals surface area contributed by atoms with Gasteiger partial charge in [-0.15, -0.1) is 29.8 Å². The number of benzene rings is 4. The summed E-state index contributed by atoms with van der Waals surface area (Å²) < 4.78 is 6.39. The van der Waals surface area contributed by atoms with E-state index < -0.39 is 0 Å². The minimum atomic E-state index is 0. The number of phenols is 1. The van der Waals surface area contributed by atoms with E-state index in [1.807, 2.05) is 66.7 Å². The van der Waals surface area contributed by atoms with Crippen molar-refractivity contribution in [2.75, 3.05) is 0 Å². The van der Waals surface area contributed by atoms with Gasteiger partial charge in [0.25, 0.3) is 0 Å². The van der Waals surface area contributed by atoms with Gasteiger partial charge in [0.05, 0.1) is 11.1 Å². The van der Waals surface area contributed by atoms with Gasteiger partial charge in [0.1, 0.15) is 5.75 Å². The molecule has 2 heterocycles. The number of aromatic nitrogens is 2. The van der Waals surface area contributed by atoms with Crippen LogP contribution in [0, 0.1) is 6.07 Å². The average Bonchev–Trinajstić information content (AvgIpc) is 3.39. The quantitative estimate of drug-likeness (QED) is 0.191. The first kappa shape index (κ1) is 24.7. The summed E-state index contributed by atoms with van der Waals surface area (Å²) in [5.41, 5.74) is 7.82. The zero-order valence-corrected chi connectivity index (χ0v) is 22.3. The van der Waals surface area contributed by atoms with E-state index in [1.165, 1.54) is 5.56 Å². The number of rotatable bonds is 5. The monoisotopic (exact) mass is 662 g/mol. The molecular formula is C32H23N2O2Pt-. The molecule has 6 rings (SSSR count). The number of para-hydroxylation sites is 1. The molecule has 0 spiro atoms. The molecule has 0 fully saturated rings. The molecule has 1 atom stereocenters. The second-order valence-electron chi connectivity index (χ2n) is 8.74. The maximum atomic E-state index is 10.5. The van der Waals surface area contributed by atoms with Crippen molar-refractivity contribution >= 4 is 11.1 Å². The van der Waals surface area contributed by atoms with Gasteiger partial charge in [-0.2, -0.15) is 0 Å². The van der Waals surface area contributed by atoms with Crippen molar-refractivity contribution in [3.8, 4) is 39.6 Å². The molecule has 0 aliphatic heterocycles. The minimum absolute atomic E-state index is 0. The summed E-state index contributed by atoms with van der Waals surface area (Å²) in [4.78, 5) is 9.37. The van der Waals surface area contributed by atoms with E-state index in [0.717, 1.165) is 33.5 Å². The molecule has 0 bridgehead atoms. The summed E-state index contributed by atoms with van der Waals surface area (Å²) in [6, 6.07) is 37.0. The molecule has 4 aromatic carbocycles. The van der Waals surface area contributed by atoms with Crippen LogP contribution in [0.3, 0.4) is 0 Å². The zero-order chi connectivity index (χ0) is 24.5. The minimum Gasteiger partial charge on any atom is -0.507 e. The third kappa shape index (κ3) is 4.73. The first-order chi connectivity index (χ1) is 17.7. The van der Waals surface area contributed by atoms with Crippen LogP contribution in [-0.2, 0) is 21.1 Å². The summed E-state index contributed by atoms with van der Waals surface area (Å²) in [5, 5.41) is 10.5. The number of phenolic OH excluding ortho intramolecular Hbond substituents is 1. The molecule has 0 radical (unpaired) electrons. The Labute approximate surface area is 229 Å². The van der Waals surface area contributed by atoms with Gasteiger partial charge in [0, 0.05) is 44.4 Å². The Bertz CT molecular complexity index is 1660. The van der Waals surface area contributed by atoms with Crippen LogP contribution in [0.15, 0.2) is 114 Å². The predicted octanol–water partition coefficient (Wildman–Crippen LogP) is 7.88. The van der Waals surface area contributed by atoms with Crippen LogP contribution in [0.4, 0.5) is 0 Å². The van der Waals surface area contributed by atoms with E-state index in [0.29, 0.717) is 17.0 Å². The van der Waals surface area contributed by atoms with E-state index in [-0.39, 0.29) is 32.7 Å². The van der Waals surface area contributed by atoms with Crippen LogP contribution in [0.25, 0.3) is 44.9 Å². The number of fused-ring (bicyclic) bond motifs is 1. The Hall–Kier alpha value is -4.01. The van der Waals surface area contributed by atoms with Gasteiger partial charge in [0.15, 0.2) is 5.58 Å². The van der Waals surface area contributed by atoms with Crippen molar-refractivity contribution in [2.45, 2.75) is 12.8 Å². The molecule has 6 aromatic rings. The fourth-order valence-corrected chi connectivity index (χ4v) is 4.57. The Kier molecular flexibility index (Phi) is 7.03. The van der Waals surface area contributed by atoms with Crippen molar-refractivity contribution in [2.24, 2.45) is 0 Å². The van der Waals surface area contributed by atoms with Crippen LogP contribution in [0.5, 0.6) is 5.75 Å². The van der Waals surface area contributed by atoms with Gasteiger partial charge >= 0.3 is 0 Å². The fraction of sp³-hybridized carbons (Fsp3) is 0.0625. The van der Waals surface area contributed by atoms with Crippen molar-refractivity contribution in [3.05, 3.63) is 127 Å². The van der Waals surface area contributed by atoms with Crippen LogP contribution >= 0.6 is 0 Å². The van der Waals surface area contributed by atoms with E-state index in [1.54, 1.807) is 18.3 Å². The van der Waals surface area contributed by atoms with Crippen LogP contribution < -0.4 is 0 Å².